The van der Waals surface area contributed by atoms with E-state index in [4.69, 9.17) is 0 Å². The number of aryl methyl sites for hydroxylation is 1. The minimum Gasteiger partial charge on any atom is -0.362 e. The molecule has 0 saturated carbocycles. The number of benzene rings is 1. The van der Waals surface area contributed by atoms with Crippen molar-refractivity contribution in [3.05, 3.63) is 40.1 Å². The Balaban J connectivity index is 2.22. The predicted molar refractivity (Wildman–Crippen MR) is 78.6 cm³/mol. The van der Waals surface area contributed by atoms with Crippen LogP contribution in [0.25, 0.3) is 10.9 Å². The first kappa shape index (κ1) is 17.6. The lowest BCUT2D eigenvalue weighted by Gasteiger charge is -2.11. The van der Waals surface area contributed by atoms with Crippen LogP contribution in [0.4, 0.5) is 24.5 Å². The summed E-state index contributed by atoms with van der Waals surface area (Å²) in [6, 6.07) is 5.39. The summed E-state index contributed by atoms with van der Waals surface area (Å²) in [4.78, 5) is 26.2. The topological polar surface area (TPSA) is 94.4 Å². The minimum absolute atomic E-state index is 0.197. The summed E-state index contributed by atoms with van der Waals surface area (Å²) in [5, 5.41) is 13.5. The van der Waals surface area contributed by atoms with Crippen molar-refractivity contribution < 1.29 is 27.6 Å². The number of fused-ring (bicyclic) bond motifs is 1. The van der Waals surface area contributed by atoms with E-state index in [1.54, 1.807) is 6.92 Å². The van der Waals surface area contributed by atoms with E-state index in [-0.39, 0.29) is 11.4 Å². The third-order valence-electron chi connectivity index (χ3n) is 2.90. The van der Waals surface area contributed by atoms with Crippen LogP contribution in [0.15, 0.2) is 24.3 Å². The maximum atomic E-state index is 12.0. The summed E-state index contributed by atoms with van der Waals surface area (Å²) in [7, 11) is 0. The van der Waals surface area contributed by atoms with E-state index in [0.717, 1.165) is 0 Å². The number of rotatable bonds is 5. The molecular weight excluding hydrogens is 331 g/mol. The van der Waals surface area contributed by atoms with Gasteiger partial charge in [-0.25, -0.2) is 0 Å². The van der Waals surface area contributed by atoms with Gasteiger partial charge in [0.15, 0.2) is 0 Å². The average molecular weight is 343 g/mol. The second-order valence-electron chi connectivity index (χ2n) is 4.93. The fourth-order valence-electron chi connectivity index (χ4n) is 2.01. The second-order valence-corrected chi connectivity index (χ2v) is 4.93. The van der Waals surface area contributed by atoms with E-state index in [9.17, 15) is 28.1 Å². The molecule has 10 heteroatoms. The highest BCUT2D eigenvalue weighted by molar-refractivity contribution is 6.02. The molecule has 1 aromatic heterocycles. The van der Waals surface area contributed by atoms with Crippen molar-refractivity contribution in [2.75, 3.05) is 18.5 Å². The van der Waals surface area contributed by atoms with Gasteiger partial charge in [-0.1, -0.05) is 0 Å². The number of nitrogens with one attached hydrogen (secondary N) is 1. The number of nitro benzene ring substituents is 1. The van der Waals surface area contributed by atoms with Crippen molar-refractivity contribution in [2.24, 2.45) is 0 Å². The van der Waals surface area contributed by atoms with Crippen molar-refractivity contribution in [1.82, 2.24) is 4.98 Å². The largest absolute Gasteiger partial charge is 0.411 e. The number of nitro groups is 1. The summed E-state index contributed by atoms with van der Waals surface area (Å²) in [6.45, 7) is -0.685. The maximum absolute atomic E-state index is 12.0. The van der Waals surface area contributed by atoms with Crippen LogP contribution in [0.1, 0.15) is 5.69 Å². The summed E-state index contributed by atoms with van der Waals surface area (Å²) >= 11 is 0. The SMILES string of the molecule is Cc1cc(NC(=O)COCC(F)(F)F)c2cc([N+](=O)[O-])ccc2n1. The lowest BCUT2D eigenvalue weighted by Crippen LogP contribution is -2.24. The quantitative estimate of drug-likeness (QED) is 0.665. The Morgan fingerprint density at radius 3 is 2.71 bits per heavy atom. The Bertz CT molecular complexity index is 793. The van der Waals surface area contributed by atoms with Crippen molar-refractivity contribution in [2.45, 2.75) is 13.1 Å². The van der Waals surface area contributed by atoms with Crippen LogP contribution >= 0.6 is 0 Å². The number of halogens is 3. The summed E-state index contributed by atoms with van der Waals surface area (Å²) in [5.74, 6) is -0.808. The normalized spacial score (nSPS) is 11.5. The molecule has 2 rings (SSSR count). The fourth-order valence-corrected chi connectivity index (χ4v) is 2.01. The predicted octanol–water partition coefficient (Wildman–Crippen LogP) is 2.97. The van der Waals surface area contributed by atoms with Gasteiger partial charge < -0.3 is 10.1 Å². The first-order valence-corrected chi connectivity index (χ1v) is 6.66. The molecule has 0 saturated heterocycles. The van der Waals surface area contributed by atoms with Gasteiger partial charge in [-0.15, -0.1) is 0 Å². The molecule has 0 unspecified atom stereocenters. The number of anilines is 1. The number of carbonyl (C=O) groups is 1. The molecule has 1 heterocycles. The third kappa shape index (κ3) is 4.62. The lowest BCUT2D eigenvalue weighted by atomic mass is 10.1. The Hall–Kier alpha value is -2.75. The fraction of sp³-hybridized carbons (Fsp3) is 0.286. The van der Waals surface area contributed by atoms with Crippen LogP contribution in [0.3, 0.4) is 0 Å². The number of pyridine rings is 1. The first-order chi connectivity index (χ1) is 11.2. The number of aromatic nitrogens is 1. The number of carbonyl (C=O) groups excluding carboxylic acids is 1. The smallest absolute Gasteiger partial charge is 0.362 e. The molecule has 1 amide bonds. The average Bonchev–Trinajstić information content (AvgIpc) is 2.45. The zero-order valence-electron chi connectivity index (χ0n) is 12.4. The molecule has 0 aliphatic heterocycles. The number of amides is 1. The molecule has 0 radical (unpaired) electrons. The van der Waals surface area contributed by atoms with Gasteiger partial charge in [-0.3, -0.25) is 19.9 Å². The van der Waals surface area contributed by atoms with Gasteiger partial charge >= 0.3 is 6.18 Å². The molecule has 1 aromatic carbocycles. The van der Waals surface area contributed by atoms with E-state index < -0.39 is 30.2 Å². The van der Waals surface area contributed by atoms with E-state index >= 15 is 0 Å². The van der Waals surface area contributed by atoms with Gasteiger partial charge in [0.1, 0.15) is 13.2 Å². The number of hydrogen-bond acceptors (Lipinski definition) is 5. The number of nitrogens with zero attached hydrogens (tertiary/aromatic N) is 2. The lowest BCUT2D eigenvalue weighted by molar-refractivity contribution is -0.384. The van der Waals surface area contributed by atoms with E-state index in [1.165, 1.54) is 24.3 Å². The monoisotopic (exact) mass is 343 g/mol. The Morgan fingerprint density at radius 1 is 1.38 bits per heavy atom. The zero-order chi connectivity index (χ0) is 17.9. The minimum atomic E-state index is -4.53. The molecule has 7 nitrogen and oxygen atoms in total. The molecule has 2 aromatic rings. The molecule has 1 N–H and O–H groups in total. The van der Waals surface area contributed by atoms with Crippen LogP contribution in [-0.4, -0.2) is 35.2 Å². The molecular formula is C14H12F3N3O4. The van der Waals surface area contributed by atoms with Gasteiger partial charge in [0.25, 0.3) is 5.69 Å². The van der Waals surface area contributed by atoms with Gasteiger partial charge in [-0.05, 0) is 19.1 Å². The molecule has 0 bridgehead atoms. The molecule has 0 aliphatic carbocycles. The van der Waals surface area contributed by atoms with Crippen LogP contribution in [0.2, 0.25) is 0 Å². The molecule has 0 atom stereocenters. The standard InChI is InChI=1S/C14H12F3N3O4/c1-8-4-12(19-13(21)6-24-7-14(15,16)17)10-5-9(20(22)23)2-3-11(10)18-8/h2-5H,6-7H2,1H3,(H,18,19,21). The van der Waals surface area contributed by atoms with Gasteiger partial charge in [-0.2, -0.15) is 13.2 Å². The number of hydrogen-bond donors (Lipinski definition) is 1. The molecule has 24 heavy (non-hydrogen) atoms. The summed E-state index contributed by atoms with van der Waals surface area (Å²) < 4.78 is 40.2. The Kier molecular flexibility index (Phi) is 4.98. The highest BCUT2D eigenvalue weighted by Crippen LogP contribution is 2.27. The van der Waals surface area contributed by atoms with E-state index in [1.807, 2.05) is 0 Å². The molecule has 128 valence electrons. The number of non-ortho nitro benzene ring substituents is 1. The second kappa shape index (κ2) is 6.79. The van der Waals surface area contributed by atoms with Crippen LogP contribution in [-0.2, 0) is 9.53 Å². The summed E-state index contributed by atoms with van der Waals surface area (Å²) in [5.41, 5.74) is 0.953. The van der Waals surface area contributed by atoms with Crippen molar-refractivity contribution >= 4 is 28.2 Å². The molecule has 0 fully saturated rings. The van der Waals surface area contributed by atoms with E-state index in [2.05, 4.69) is 15.0 Å². The van der Waals surface area contributed by atoms with Gasteiger partial charge in [0.05, 0.1) is 16.1 Å². The van der Waals surface area contributed by atoms with Crippen molar-refractivity contribution in [3.63, 3.8) is 0 Å². The van der Waals surface area contributed by atoms with Crippen LogP contribution in [0, 0.1) is 17.0 Å². The Morgan fingerprint density at radius 2 is 2.08 bits per heavy atom. The van der Waals surface area contributed by atoms with E-state index in [0.29, 0.717) is 16.6 Å². The van der Waals surface area contributed by atoms with Crippen LogP contribution < -0.4 is 5.32 Å². The highest BCUT2D eigenvalue weighted by atomic mass is 19.4. The zero-order valence-corrected chi connectivity index (χ0v) is 12.4. The van der Waals surface area contributed by atoms with Gasteiger partial charge in [0.2, 0.25) is 5.91 Å². The van der Waals surface area contributed by atoms with Crippen molar-refractivity contribution in [3.8, 4) is 0 Å². The van der Waals surface area contributed by atoms with Gasteiger partial charge in [0, 0.05) is 23.2 Å². The Labute approximate surface area is 133 Å². The van der Waals surface area contributed by atoms with Crippen molar-refractivity contribution in [1.29, 1.82) is 0 Å². The highest BCUT2D eigenvalue weighted by Gasteiger charge is 2.27. The molecule has 0 spiro atoms. The first-order valence-electron chi connectivity index (χ1n) is 6.66. The number of alkyl halides is 3. The van der Waals surface area contributed by atoms with Crippen LogP contribution in [0.5, 0.6) is 0 Å². The third-order valence-corrected chi connectivity index (χ3v) is 2.90. The molecule has 0 aliphatic rings. The summed E-state index contributed by atoms with van der Waals surface area (Å²) in [6.07, 6.45) is -4.53. The maximum Gasteiger partial charge on any atom is 0.411 e. The number of ether oxygens (including phenoxy) is 1.